The van der Waals surface area contributed by atoms with E-state index >= 15 is 0 Å². The van der Waals surface area contributed by atoms with Crippen LogP contribution in [0.4, 0.5) is 0 Å². The van der Waals surface area contributed by atoms with Crippen molar-refractivity contribution in [3.05, 3.63) is 35.9 Å². The number of aliphatic hydroxyl groups excluding tert-OH is 1. The normalized spacial score (nSPS) is 17.2. The van der Waals surface area contributed by atoms with Gasteiger partial charge in [-0.15, -0.1) is 0 Å². The Balaban J connectivity index is 1.99. The van der Waals surface area contributed by atoms with Crippen molar-refractivity contribution in [2.75, 3.05) is 19.7 Å². The molecule has 0 spiro atoms. The smallest absolute Gasteiger partial charge is 0.344 e. The monoisotopic (exact) mass is 361 g/mol. The summed E-state index contributed by atoms with van der Waals surface area (Å²) in [5, 5.41) is 31.4. The van der Waals surface area contributed by atoms with Crippen LogP contribution in [0.5, 0.6) is 0 Å². The minimum atomic E-state index is -1.65. The van der Waals surface area contributed by atoms with Gasteiger partial charge in [-0.05, 0) is 18.4 Å². The van der Waals surface area contributed by atoms with Gasteiger partial charge >= 0.3 is 5.97 Å². The number of ether oxygens (including phenoxy) is 1. The van der Waals surface area contributed by atoms with Crippen molar-refractivity contribution < 1.29 is 24.9 Å². The zero-order chi connectivity index (χ0) is 18.8. The van der Waals surface area contributed by atoms with Crippen LogP contribution in [0, 0.1) is 17.8 Å². The lowest BCUT2D eigenvalue weighted by Crippen LogP contribution is -2.45. The summed E-state index contributed by atoms with van der Waals surface area (Å²) in [5.41, 5.74) is -1.09. The first kappa shape index (κ1) is 20.4. The van der Waals surface area contributed by atoms with Crippen LogP contribution in [-0.4, -0.2) is 47.3 Å². The van der Waals surface area contributed by atoms with Gasteiger partial charge in [0, 0.05) is 12.5 Å². The highest BCUT2D eigenvalue weighted by molar-refractivity contribution is 5.81. The molecule has 0 bridgehead atoms. The van der Waals surface area contributed by atoms with Crippen LogP contribution in [0.25, 0.3) is 0 Å². The predicted octanol–water partition coefficient (Wildman–Crippen LogP) is 0.901. The molecule has 0 aromatic heterocycles. The summed E-state index contributed by atoms with van der Waals surface area (Å²) in [6.07, 6.45) is 3.27. The summed E-state index contributed by atoms with van der Waals surface area (Å²) >= 11 is 0. The van der Waals surface area contributed by atoms with Crippen LogP contribution < -0.4 is 5.32 Å². The second-order valence-corrected chi connectivity index (χ2v) is 6.51. The molecule has 0 radical (unpaired) electrons. The third kappa shape index (κ3) is 5.55. The maximum atomic E-state index is 12.7. The number of hydrogen-bond donors (Lipinski definition) is 4. The van der Waals surface area contributed by atoms with Crippen LogP contribution in [0.3, 0.4) is 0 Å². The minimum Gasteiger partial charge on any atom is -0.450 e. The Labute approximate surface area is 154 Å². The lowest BCUT2D eigenvalue weighted by atomic mass is 9.73. The Hall–Kier alpha value is -1.91. The van der Waals surface area contributed by atoms with Crippen molar-refractivity contribution in [3.8, 4) is 11.8 Å². The molecule has 4 N–H and O–H groups in total. The number of rotatable bonds is 7. The number of carbonyl (C=O) groups excluding carboxylic acids is 1. The Morgan fingerprint density at radius 1 is 1.19 bits per heavy atom. The molecule has 1 aliphatic carbocycles. The van der Waals surface area contributed by atoms with Crippen molar-refractivity contribution in [2.45, 2.75) is 44.0 Å². The van der Waals surface area contributed by atoms with Gasteiger partial charge < -0.3 is 25.4 Å². The molecule has 26 heavy (non-hydrogen) atoms. The van der Waals surface area contributed by atoms with Gasteiger partial charge in [0.1, 0.15) is 0 Å². The third-order valence-electron chi connectivity index (χ3n) is 4.66. The van der Waals surface area contributed by atoms with E-state index in [2.05, 4.69) is 17.2 Å². The Bertz CT molecular complexity index is 616. The second-order valence-electron chi connectivity index (χ2n) is 6.51. The molecule has 0 aliphatic heterocycles. The predicted molar refractivity (Wildman–Crippen MR) is 96.7 cm³/mol. The van der Waals surface area contributed by atoms with Crippen LogP contribution in [0.1, 0.15) is 37.7 Å². The van der Waals surface area contributed by atoms with Crippen molar-refractivity contribution >= 4 is 5.97 Å². The first-order chi connectivity index (χ1) is 12.5. The van der Waals surface area contributed by atoms with Gasteiger partial charge in [0.05, 0.1) is 6.54 Å². The lowest BCUT2D eigenvalue weighted by Gasteiger charge is -2.36. The molecule has 1 aromatic rings. The number of hydrogen-bond acceptors (Lipinski definition) is 6. The first-order valence-corrected chi connectivity index (χ1v) is 9.03. The Morgan fingerprint density at radius 3 is 2.54 bits per heavy atom. The summed E-state index contributed by atoms with van der Waals surface area (Å²) in [7, 11) is 0. The van der Waals surface area contributed by atoms with Crippen molar-refractivity contribution in [2.24, 2.45) is 5.92 Å². The minimum absolute atomic E-state index is 0.0178. The molecule has 0 unspecified atom stereocenters. The maximum absolute atomic E-state index is 12.7. The topological polar surface area (TPSA) is 99.0 Å². The molecule has 1 aliphatic rings. The molecule has 142 valence electrons. The average Bonchev–Trinajstić information content (AvgIpc) is 2.67. The number of aliphatic hydroxyl groups is 3. The highest BCUT2D eigenvalue weighted by Crippen LogP contribution is 2.40. The fourth-order valence-corrected chi connectivity index (χ4v) is 3.32. The van der Waals surface area contributed by atoms with E-state index in [1.165, 1.54) is 0 Å². The van der Waals surface area contributed by atoms with E-state index in [4.69, 9.17) is 14.9 Å². The number of esters is 1. The van der Waals surface area contributed by atoms with Gasteiger partial charge in [0.25, 0.3) is 0 Å². The summed E-state index contributed by atoms with van der Waals surface area (Å²) < 4.78 is 5.25. The molecular weight excluding hydrogens is 334 g/mol. The van der Waals surface area contributed by atoms with E-state index in [0.29, 0.717) is 5.56 Å². The standard InChI is InChI=1S/C20H27NO5/c22-18(23)15-21-13-7-8-14-26-19(24)20(25,16-9-3-1-4-10-16)17-11-5-2-6-12-17/h1,3-4,9-10,17-18,21-23,25H,2,5-6,11-15H2/t20-/m1/s1. The summed E-state index contributed by atoms with van der Waals surface area (Å²) in [4.78, 5) is 12.7. The van der Waals surface area contributed by atoms with E-state index in [9.17, 15) is 9.90 Å². The zero-order valence-electron chi connectivity index (χ0n) is 14.9. The molecule has 1 saturated carbocycles. The highest BCUT2D eigenvalue weighted by Gasteiger charge is 2.46. The first-order valence-electron chi connectivity index (χ1n) is 9.03. The molecular formula is C20H27NO5. The van der Waals surface area contributed by atoms with Crippen LogP contribution in [-0.2, 0) is 15.1 Å². The van der Waals surface area contributed by atoms with Crippen LogP contribution in [0.15, 0.2) is 30.3 Å². The quantitative estimate of drug-likeness (QED) is 0.249. The summed E-state index contributed by atoms with van der Waals surface area (Å²) in [5.74, 6) is 4.59. The Morgan fingerprint density at radius 2 is 1.88 bits per heavy atom. The van der Waals surface area contributed by atoms with Crippen molar-refractivity contribution in [3.63, 3.8) is 0 Å². The third-order valence-corrected chi connectivity index (χ3v) is 4.66. The fourth-order valence-electron chi connectivity index (χ4n) is 3.32. The fraction of sp³-hybridized carbons (Fsp3) is 0.550. The summed E-state index contributed by atoms with van der Waals surface area (Å²) in [6, 6.07) is 8.96. The molecule has 1 aromatic carbocycles. The van der Waals surface area contributed by atoms with E-state index in [0.717, 1.165) is 32.1 Å². The van der Waals surface area contributed by atoms with Crippen LogP contribution in [0.2, 0.25) is 0 Å². The maximum Gasteiger partial charge on any atom is 0.344 e. The second kappa shape index (κ2) is 10.3. The number of benzene rings is 1. The van der Waals surface area contributed by atoms with Crippen molar-refractivity contribution in [1.29, 1.82) is 0 Å². The number of nitrogens with one attached hydrogen (secondary N) is 1. The molecule has 2 rings (SSSR count). The molecule has 0 heterocycles. The molecule has 6 nitrogen and oxygen atoms in total. The highest BCUT2D eigenvalue weighted by atomic mass is 16.5. The van der Waals surface area contributed by atoms with Gasteiger partial charge in [-0.2, -0.15) is 0 Å². The molecule has 0 amide bonds. The Kier molecular flexibility index (Phi) is 8.07. The van der Waals surface area contributed by atoms with Gasteiger partial charge in [0.15, 0.2) is 18.5 Å². The van der Waals surface area contributed by atoms with Gasteiger partial charge in [-0.25, -0.2) is 4.79 Å². The lowest BCUT2D eigenvalue weighted by molar-refractivity contribution is -0.174. The van der Waals surface area contributed by atoms with E-state index in [-0.39, 0.29) is 25.6 Å². The zero-order valence-corrected chi connectivity index (χ0v) is 14.9. The van der Waals surface area contributed by atoms with Gasteiger partial charge in [-0.1, -0.05) is 61.4 Å². The van der Waals surface area contributed by atoms with E-state index < -0.39 is 17.9 Å². The van der Waals surface area contributed by atoms with Crippen LogP contribution >= 0.6 is 0 Å². The number of carbonyl (C=O) groups is 1. The van der Waals surface area contributed by atoms with E-state index in [1.807, 2.05) is 6.07 Å². The van der Waals surface area contributed by atoms with Crippen molar-refractivity contribution in [1.82, 2.24) is 5.32 Å². The SMILES string of the molecule is O=C(OCC#CCNCC(O)O)[C@@](O)(c1ccccc1)C1CCCCC1. The average molecular weight is 361 g/mol. The summed E-state index contributed by atoms with van der Waals surface area (Å²) in [6.45, 7) is 0.148. The molecule has 1 atom stereocenters. The molecule has 0 saturated heterocycles. The van der Waals surface area contributed by atoms with E-state index in [1.54, 1.807) is 24.3 Å². The molecule has 6 heteroatoms. The van der Waals surface area contributed by atoms with Gasteiger partial charge in [0.2, 0.25) is 0 Å². The molecule has 1 fully saturated rings. The van der Waals surface area contributed by atoms with Gasteiger partial charge in [-0.3, -0.25) is 0 Å². The largest absolute Gasteiger partial charge is 0.450 e.